The fourth-order valence-corrected chi connectivity index (χ4v) is 2.62. The summed E-state index contributed by atoms with van der Waals surface area (Å²) in [5, 5.41) is 3.03. The van der Waals surface area contributed by atoms with E-state index in [1.165, 1.54) is 12.0 Å². The van der Waals surface area contributed by atoms with Crippen LogP contribution in [0.25, 0.3) is 0 Å². The highest BCUT2D eigenvalue weighted by molar-refractivity contribution is 5.74. The van der Waals surface area contributed by atoms with E-state index in [0.29, 0.717) is 5.92 Å². The normalized spacial score (nSPS) is 19.2. The van der Waals surface area contributed by atoms with Gasteiger partial charge in [-0.05, 0) is 37.2 Å². The molecular weight excluding hydrogens is 236 g/mol. The van der Waals surface area contributed by atoms with Crippen molar-refractivity contribution in [1.82, 2.24) is 10.2 Å². The van der Waals surface area contributed by atoms with Crippen LogP contribution in [0, 0.1) is 5.92 Å². The molecule has 1 saturated heterocycles. The van der Waals surface area contributed by atoms with E-state index in [-0.39, 0.29) is 6.03 Å². The minimum Gasteiger partial charge on any atom is -0.338 e. The van der Waals surface area contributed by atoms with E-state index in [1.807, 2.05) is 11.0 Å². The van der Waals surface area contributed by atoms with Crippen LogP contribution < -0.4 is 5.32 Å². The Kier molecular flexibility index (Phi) is 5.25. The number of nitrogens with zero attached hydrogens (tertiary/aromatic N) is 1. The van der Waals surface area contributed by atoms with E-state index < -0.39 is 0 Å². The van der Waals surface area contributed by atoms with Crippen molar-refractivity contribution in [2.45, 2.75) is 32.6 Å². The molecule has 1 atom stereocenters. The third-order valence-electron chi connectivity index (χ3n) is 3.71. The van der Waals surface area contributed by atoms with Crippen molar-refractivity contribution >= 4 is 6.03 Å². The number of nitrogens with one attached hydrogen (secondary N) is 1. The zero-order chi connectivity index (χ0) is 13.5. The Morgan fingerprint density at radius 1 is 1.37 bits per heavy atom. The van der Waals surface area contributed by atoms with Crippen LogP contribution >= 0.6 is 0 Å². The highest BCUT2D eigenvalue weighted by atomic mass is 16.2. The van der Waals surface area contributed by atoms with Gasteiger partial charge < -0.3 is 10.2 Å². The first-order valence-corrected chi connectivity index (χ1v) is 7.32. The first-order valence-electron chi connectivity index (χ1n) is 7.32. The van der Waals surface area contributed by atoms with Crippen molar-refractivity contribution in [3.05, 3.63) is 35.9 Å². The van der Waals surface area contributed by atoms with Gasteiger partial charge in [-0.1, -0.05) is 37.3 Å². The second-order valence-electron chi connectivity index (χ2n) is 5.51. The fraction of sp³-hybridized carbons (Fsp3) is 0.562. The van der Waals surface area contributed by atoms with Gasteiger partial charge >= 0.3 is 6.03 Å². The second-order valence-corrected chi connectivity index (χ2v) is 5.51. The standard InChI is InChI=1S/C16H24N2O/c1-14-7-6-12-18(13-14)16(19)17-11-5-10-15-8-3-2-4-9-15/h2-4,8-9,14H,5-7,10-13H2,1H3,(H,17,19). The Labute approximate surface area is 116 Å². The minimum absolute atomic E-state index is 0.111. The molecule has 0 saturated carbocycles. The van der Waals surface area contributed by atoms with Gasteiger partial charge in [0.15, 0.2) is 0 Å². The molecule has 1 heterocycles. The molecule has 2 amide bonds. The number of hydrogen-bond acceptors (Lipinski definition) is 1. The third kappa shape index (κ3) is 4.58. The van der Waals surface area contributed by atoms with Crippen LogP contribution in [0.4, 0.5) is 4.79 Å². The van der Waals surface area contributed by atoms with Crippen LogP contribution in [-0.4, -0.2) is 30.6 Å². The van der Waals surface area contributed by atoms with Crippen molar-refractivity contribution < 1.29 is 4.79 Å². The number of rotatable bonds is 4. The van der Waals surface area contributed by atoms with Crippen molar-refractivity contribution in [2.24, 2.45) is 5.92 Å². The summed E-state index contributed by atoms with van der Waals surface area (Å²) in [5.41, 5.74) is 1.34. The van der Waals surface area contributed by atoms with E-state index in [9.17, 15) is 4.79 Å². The zero-order valence-electron chi connectivity index (χ0n) is 11.8. The van der Waals surface area contributed by atoms with Crippen molar-refractivity contribution in [3.63, 3.8) is 0 Å². The first-order chi connectivity index (χ1) is 9.25. The van der Waals surface area contributed by atoms with E-state index in [4.69, 9.17) is 0 Å². The van der Waals surface area contributed by atoms with Gasteiger partial charge in [-0.25, -0.2) is 4.79 Å². The summed E-state index contributed by atoms with van der Waals surface area (Å²) in [6.45, 7) is 4.80. The average molecular weight is 260 g/mol. The molecule has 3 heteroatoms. The Morgan fingerprint density at radius 2 is 2.16 bits per heavy atom. The number of carbonyl (C=O) groups is 1. The summed E-state index contributed by atoms with van der Waals surface area (Å²) in [6, 6.07) is 10.5. The monoisotopic (exact) mass is 260 g/mol. The maximum atomic E-state index is 12.0. The number of aryl methyl sites for hydroxylation is 1. The molecule has 0 radical (unpaired) electrons. The van der Waals surface area contributed by atoms with Gasteiger partial charge in [0, 0.05) is 19.6 Å². The molecule has 1 aromatic rings. The molecule has 0 spiro atoms. The molecule has 3 nitrogen and oxygen atoms in total. The van der Waals surface area contributed by atoms with E-state index in [1.54, 1.807) is 0 Å². The van der Waals surface area contributed by atoms with Gasteiger partial charge in [0.05, 0.1) is 0 Å². The van der Waals surface area contributed by atoms with Gasteiger partial charge in [-0.2, -0.15) is 0 Å². The molecule has 1 aliphatic heterocycles. The van der Waals surface area contributed by atoms with Gasteiger partial charge in [0.25, 0.3) is 0 Å². The summed E-state index contributed by atoms with van der Waals surface area (Å²) in [7, 11) is 0. The lowest BCUT2D eigenvalue weighted by molar-refractivity contribution is 0.170. The SMILES string of the molecule is CC1CCCN(C(=O)NCCCc2ccccc2)C1. The van der Waals surface area contributed by atoms with Gasteiger partial charge in [-0.15, -0.1) is 0 Å². The topological polar surface area (TPSA) is 32.3 Å². The summed E-state index contributed by atoms with van der Waals surface area (Å²) in [4.78, 5) is 13.9. The van der Waals surface area contributed by atoms with E-state index in [2.05, 4.69) is 36.5 Å². The molecule has 1 N–H and O–H groups in total. The molecular formula is C16H24N2O. The largest absolute Gasteiger partial charge is 0.338 e. The van der Waals surface area contributed by atoms with Gasteiger partial charge in [0.1, 0.15) is 0 Å². The van der Waals surface area contributed by atoms with Crippen LogP contribution in [0.1, 0.15) is 31.7 Å². The van der Waals surface area contributed by atoms with Gasteiger partial charge in [0.2, 0.25) is 0 Å². The minimum atomic E-state index is 0.111. The smallest absolute Gasteiger partial charge is 0.317 e. The molecule has 2 rings (SSSR count). The molecule has 104 valence electrons. The first kappa shape index (κ1) is 13.9. The highest BCUT2D eigenvalue weighted by Gasteiger charge is 2.20. The Balaban J connectivity index is 1.64. The number of hydrogen-bond donors (Lipinski definition) is 1. The van der Waals surface area contributed by atoms with E-state index >= 15 is 0 Å². The predicted molar refractivity (Wildman–Crippen MR) is 78.1 cm³/mol. The van der Waals surface area contributed by atoms with Crippen molar-refractivity contribution in [2.75, 3.05) is 19.6 Å². The van der Waals surface area contributed by atoms with Crippen molar-refractivity contribution in [1.29, 1.82) is 0 Å². The number of likely N-dealkylation sites (tertiary alicyclic amines) is 1. The highest BCUT2D eigenvalue weighted by Crippen LogP contribution is 2.15. The van der Waals surface area contributed by atoms with Crippen LogP contribution in [-0.2, 0) is 6.42 Å². The van der Waals surface area contributed by atoms with Crippen LogP contribution in [0.15, 0.2) is 30.3 Å². The average Bonchev–Trinajstić information content (AvgIpc) is 2.44. The summed E-state index contributed by atoms with van der Waals surface area (Å²) >= 11 is 0. The summed E-state index contributed by atoms with van der Waals surface area (Å²) < 4.78 is 0. The maximum Gasteiger partial charge on any atom is 0.317 e. The Hall–Kier alpha value is -1.51. The molecule has 0 aromatic heterocycles. The number of carbonyl (C=O) groups excluding carboxylic acids is 1. The third-order valence-corrected chi connectivity index (χ3v) is 3.71. The Morgan fingerprint density at radius 3 is 2.89 bits per heavy atom. The molecule has 1 unspecified atom stereocenters. The van der Waals surface area contributed by atoms with Crippen LogP contribution in [0.2, 0.25) is 0 Å². The lowest BCUT2D eigenvalue weighted by atomic mass is 10.0. The van der Waals surface area contributed by atoms with Gasteiger partial charge in [-0.3, -0.25) is 0 Å². The number of piperidine rings is 1. The predicted octanol–water partition coefficient (Wildman–Crippen LogP) is 3.06. The maximum absolute atomic E-state index is 12.0. The summed E-state index contributed by atoms with van der Waals surface area (Å²) in [5.74, 6) is 0.642. The van der Waals surface area contributed by atoms with Crippen LogP contribution in [0.3, 0.4) is 0 Å². The molecule has 0 aliphatic carbocycles. The molecule has 1 aliphatic rings. The quantitative estimate of drug-likeness (QED) is 0.829. The van der Waals surface area contributed by atoms with Crippen LogP contribution in [0.5, 0.6) is 0 Å². The molecule has 1 fully saturated rings. The molecule has 19 heavy (non-hydrogen) atoms. The Bertz CT molecular complexity index is 391. The lowest BCUT2D eigenvalue weighted by Crippen LogP contribution is -2.45. The molecule has 1 aromatic carbocycles. The zero-order valence-corrected chi connectivity index (χ0v) is 11.8. The summed E-state index contributed by atoms with van der Waals surface area (Å²) in [6.07, 6.45) is 4.41. The number of amides is 2. The fourth-order valence-electron chi connectivity index (χ4n) is 2.62. The second kappa shape index (κ2) is 7.17. The molecule has 0 bridgehead atoms. The van der Waals surface area contributed by atoms with E-state index in [0.717, 1.165) is 38.9 Å². The van der Waals surface area contributed by atoms with Crippen molar-refractivity contribution in [3.8, 4) is 0 Å². The lowest BCUT2D eigenvalue weighted by Gasteiger charge is -2.30. The number of benzene rings is 1. The number of urea groups is 1.